The predicted molar refractivity (Wildman–Crippen MR) is 529 cm³/mol. The van der Waals surface area contributed by atoms with E-state index in [0.29, 0.717) is 75.8 Å². The highest BCUT2D eigenvalue weighted by Crippen LogP contribution is 2.43. The number of aromatic nitrogens is 24. The summed E-state index contributed by atoms with van der Waals surface area (Å²) in [6, 6.07) is 104. The molecule has 0 aliphatic carbocycles. The fourth-order valence-electron chi connectivity index (χ4n) is 19.3. The van der Waals surface area contributed by atoms with Crippen LogP contribution in [0, 0.1) is 0 Å². The van der Waals surface area contributed by atoms with Gasteiger partial charge in [0.05, 0.1) is 16.6 Å². The molecule has 27 heteroatoms. The molecule has 0 saturated heterocycles. The molecular formula is C108H60N24O2S. The van der Waals surface area contributed by atoms with Crippen LogP contribution in [0.4, 0.5) is 0 Å². The lowest BCUT2D eigenvalue weighted by molar-refractivity contribution is 0.668. The Labute approximate surface area is 763 Å². The van der Waals surface area contributed by atoms with Crippen LogP contribution in [0.2, 0.25) is 0 Å². The van der Waals surface area contributed by atoms with E-state index < -0.39 is 0 Å². The van der Waals surface area contributed by atoms with Gasteiger partial charge in [0, 0.05) is 179 Å². The van der Waals surface area contributed by atoms with Gasteiger partial charge in [0.1, 0.15) is 73.2 Å². The van der Waals surface area contributed by atoms with Gasteiger partial charge in [-0.2, -0.15) is 44.9 Å². The summed E-state index contributed by atoms with van der Waals surface area (Å²) in [6.07, 6.45) is 16.0. The predicted octanol–water partition coefficient (Wildman–Crippen LogP) is 23.9. The molecule has 21 aromatic heterocycles. The third-order valence-corrected chi connectivity index (χ3v) is 26.2. The van der Waals surface area contributed by atoms with Crippen molar-refractivity contribution in [3.8, 4) is 69.9 Å². The Bertz CT molecular complexity index is 9480. The molecule has 9 aromatic carbocycles. The molecule has 0 N–H and O–H groups in total. The third kappa shape index (κ3) is 11.7. The molecule has 30 aromatic rings. The van der Waals surface area contributed by atoms with Crippen molar-refractivity contribution >= 4 is 207 Å². The maximum Gasteiger partial charge on any atom is 0.242 e. The zero-order chi connectivity index (χ0) is 88.5. The maximum atomic E-state index is 6.24. The van der Waals surface area contributed by atoms with E-state index >= 15 is 0 Å². The van der Waals surface area contributed by atoms with Crippen LogP contribution in [0.25, 0.3) is 266 Å². The number of furan rings is 2. The van der Waals surface area contributed by atoms with E-state index in [2.05, 4.69) is 127 Å². The van der Waals surface area contributed by atoms with Crippen molar-refractivity contribution in [2.45, 2.75) is 0 Å². The molecular weight excluding hydrogens is 1700 g/mol. The average Bonchev–Trinajstić information content (AvgIpc) is 1.58. The molecule has 0 atom stereocenters. The monoisotopic (exact) mass is 1760 g/mol. The molecule has 0 saturated carbocycles. The van der Waals surface area contributed by atoms with E-state index in [0.717, 1.165) is 170 Å². The lowest BCUT2D eigenvalue weighted by atomic mass is 10.1. The van der Waals surface area contributed by atoms with Crippen LogP contribution in [0.1, 0.15) is 0 Å². The first-order valence-electron chi connectivity index (χ1n) is 43.6. The Morgan fingerprint density at radius 3 is 0.896 bits per heavy atom. The number of pyridine rings is 9. The first-order chi connectivity index (χ1) is 67.0. The molecule has 630 valence electrons. The van der Waals surface area contributed by atoms with Gasteiger partial charge in [0.25, 0.3) is 0 Å². The van der Waals surface area contributed by atoms with Gasteiger partial charge in [-0.1, -0.05) is 133 Å². The SMILES string of the molecule is c1ccc2c(c1)oc1ccc(-c3nc(-n4c5ccccc5c5cccnc54)nc(-n4c5ncccc5c5cccnc54)n3)cc12.c1ccc2c(c1)oc1cccc(-c3nc(-n4c5ccccc5c5cccnc54)nc(-n4c5ncccc5c5cccnc54)n3)c12.c1ccc2c(c1)sc1cc(-c3nc(-n4c5ccccc5c5cccnc54)nc(-n4c5ncccc5c5cccnc54)n3)ccc12. The molecule has 0 bridgehead atoms. The van der Waals surface area contributed by atoms with Crippen molar-refractivity contribution in [1.29, 1.82) is 0 Å². The van der Waals surface area contributed by atoms with Gasteiger partial charge in [-0.3, -0.25) is 13.7 Å². The Morgan fingerprint density at radius 1 is 0.185 bits per heavy atom. The van der Waals surface area contributed by atoms with Gasteiger partial charge in [-0.15, -0.1) is 11.3 Å². The number of thiophene rings is 1. The van der Waals surface area contributed by atoms with Gasteiger partial charge in [0.2, 0.25) is 35.7 Å². The highest BCUT2D eigenvalue weighted by atomic mass is 32.1. The van der Waals surface area contributed by atoms with Crippen molar-refractivity contribution in [3.63, 3.8) is 0 Å². The van der Waals surface area contributed by atoms with Crippen molar-refractivity contribution in [2.75, 3.05) is 0 Å². The number of nitrogens with zero attached hydrogens (tertiary/aromatic N) is 24. The van der Waals surface area contributed by atoms with Gasteiger partial charge in [-0.25, -0.2) is 58.6 Å². The minimum Gasteiger partial charge on any atom is -0.456 e. The summed E-state index contributed by atoms with van der Waals surface area (Å²) < 4.78 is 26.6. The zero-order valence-electron chi connectivity index (χ0n) is 70.6. The lowest BCUT2D eigenvalue weighted by Crippen LogP contribution is -2.11. The quantitative estimate of drug-likeness (QED) is 0.130. The number of fused-ring (bicyclic) bond motifs is 27. The second kappa shape index (κ2) is 29.8. The van der Waals surface area contributed by atoms with Crippen molar-refractivity contribution in [3.05, 3.63) is 365 Å². The molecule has 0 aliphatic rings. The van der Waals surface area contributed by atoms with Crippen LogP contribution in [0.5, 0.6) is 0 Å². The smallest absolute Gasteiger partial charge is 0.242 e. The van der Waals surface area contributed by atoms with Crippen LogP contribution in [0.15, 0.2) is 374 Å². The summed E-state index contributed by atoms with van der Waals surface area (Å²) in [5.74, 6) is 4.15. The van der Waals surface area contributed by atoms with Gasteiger partial charge >= 0.3 is 0 Å². The lowest BCUT2D eigenvalue weighted by Gasteiger charge is -2.12. The molecule has 21 heterocycles. The van der Waals surface area contributed by atoms with Gasteiger partial charge in [-0.05, 0) is 176 Å². The molecule has 0 radical (unpaired) electrons. The molecule has 0 fully saturated rings. The van der Waals surface area contributed by atoms with E-state index in [4.69, 9.17) is 98.5 Å². The van der Waals surface area contributed by atoms with Crippen molar-refractivity contribution in [1.82, 2.24) is 117 Å². The number of rotatable bonds is 9. The topological polar surface area (TPSA) is 288 Å². The molecule has 26 nitrogen and oxygen atoms in total. The Kier molecular flexibility index (Phi) is 16.5. The van der Waals surface area contributed by atoms with Gasteiger partial charge < -0.3 is 8.83 Å². The fraction of sp³-hybridized carbons (Fsp3) is 0. The zero-order valence-corrected chi connectivity index (χ0v) is 71.4. The second-order valence-corrected chi connectivity index (χ2v) is 33.7. The second-order valence-electron chi connectivity index (χ2n) is 32.6. The summed E-state index contributed by atoms with van der Waals surface area (Å²) in [6.45, 7) is 0. The Morgan fingerprint density at radius 2 is 0.474 bits per heavy atom. The number of benzene rings is 9. The molecule has 0 amide bonds. The average molecular weight is 1760 g/mol. The highest BCUT2D eigenvalue weighted by Gasteiger charge is 2.29. The van der Waals surface area contributed by atoms with Crippen LogP contribution >= 0.6 is 11.3 Å². The molecule has 0 unspecified atom stereocenters. The Balaban J connectivity index is 0.000000101. The maximum absolute atomic E-state index is 6.24. The normalized spacial score (nSPS) is 12.0. The largest absolute Gasteiger partial charge is 0.456 e. The third-order valence-electron chi connectivity index (χ3n) is 25.1. The van der Waals surface area contributed by atoms with Crippen molar-refractivity contribution < 1.29 is 8.83 Å². The first kappa shape index (κ1) is 75.0. The highest BCUT2D eigenvalue weighted by molar-refractivity contribution is 7.25. The first-order valence-corrected chi connectivity index (χ1v) is 44.5. The molecule has 0 spiro atoms. The van der Waals surface area contributed by atoms with E-state index in [-0.39, 0.29) is 0 Å². The molecule has 0 aliphatic heterocycles. The fourth-order valence-corrected chi connectivity index (χ4v) is 20.5. The summed E-state index contributed by atoms with van der Waals surface area (Å²) in [5.41, 5.74) is 15.2. The molecule has 135 heavy (non-hydrogen) atoms. The molecule has 30 rings (SSSR count). The van der Waals surface area contributed by atoms with E-state index in [1.165, 1.54) is 20.2 Å². The number of para-hydroxylation sites is 5. The number of hydrogen-bond donors (Lipinski definition) is 0. The minimum absolute atomic E-state index is 0.402. The van der Waals surface area contributed by atoms with E-state index in [9.17, 15) is 0 Å². The standard InChI is InChI=1S/2C36H20N8O.C36H20N8S/c1-3-15-27-21(9-1)22-12-6-18-37-32(22)43(27)35-40-31(26-11-5-17-29-30(26)25-10-2-4-16-28(25)45-29)41-36(42-35)44-33-23(13-7-19-38-33)24-14-8-20-39-34(24)44;1-3-13-28-22(8-1)24-10-5-17-37-32(24)43(28)35-40-31(21-15-16-30-27(20-21)23-9-2-4-14-29(23)45-30)41-36(42-35)44-33-25(11-6-18-38-33)26-12-7-19-39-34(26)44;1-3-13-28-22(8-1)25-10-5-17-37-32(25)43(28)35-40-31(21-15-16-24-23-9-2-4-14-29(23)45-30(24)20-21)41-36(42-35)44-33-26(11-6-18-38-33)27-12-7-19-39-34(27)44/h3*1-20H. The summed E-state index contributed by atoms with van der Waals surface area (Å²) in [4.78, 5) is 89.0. The minimum atomic E-state index is 0.402. The Hall–Kier alpha value is -19.0. The van der Waals surface area contributed by atoms with E-state index in [1.54, 1.807) is 67.1 Å². The number of hydrogen-bond acceptors (Lipinski definition) is 21. The van der Waals surface area contributed by atoms with Crippen LogP contribution in [-0.2, 0) is 0 Å². The summed E-state index contributed by atoms with van der Waals surface area (Å²) >= 11 is 1.77. The van der Waals surface area contributed by atoms with Crippen molar-refractivity contribution in [2.24, 2.45) is 0 Å². The van der Waals surface area contributed by atoms with Crippen LogP contribution in [-0.4, -0.2) is 117 Å². The van der Waals surface area contributed by atoms with E-state index in [1.807, 2.05) is 209 Å². The summed E-state index contributed by atoms with van der Waals surface area (Å²) in [5, 5.41) is 18.5. The van der Waals surface area contributed by atoms with Crippen LogP contribution < -0.4 is 0 Å². The van der Waals surface area contributed by atoms with Gasteiger partial charge in [0.15, 0.2) is 17.5 Å². The van der Waals surface area contributed by atoms with Crippen LogP contribution in [0.3, 0.4) is 0 Å². The summed E-state index contributed by atoms with van der Waals surface area (Å²) in [7, 11) is 0.